The van der Waals surface area contributed by atoms with E-state index in [2.05, 4.69) is 24.5 Å². The molecule has 23 nitrogen and oxygen atoms in total. The number of nitrogen functional groups attached to an aromatic ring is 2. The number of hydrogen-bond donors (Lipinski definition) is 7. The molecule has 0 saturated carbocycles. The van der Waals surface area contributed by atoms with Crippen molar-refractivity contribution < 1.29 is 66.6 Å². The zero-order valence-electron chi connectivity index (χ0n) is 27.9. The number of ether oxygens (including phenoxy) is 3. The number of esters is 1. The van der Waals surface area contributed by atoms with E-state index >= 15 is 0 Å². The molecular weight excluding hydrogens is 762 g/mol. The maximum Gasteiger partial charge on any atom is 0.472 e. The summed E-state index contributed by atoms with van der Waals surface area (Å²) < 4.78 is 58.9. The molecule has 1 aromatic carbocycles. The van der Waals surface area contributed by atoms with E-state index in [0.717, 1.165) is 22.7 Å². The lowest BCUT2D eigenvalue weighted by Crippen LogP contribution is -2.39. The summed E-state index contributed by atoms with van der Waals surface area (Å²) in [5, 5.41) is 22.4. The monoisotopic (exact) mass is 798 g/mol. The second kappa shape index (κ2) is 16.3. The fourth-order valence-electron chi connectivity index (χ4n) is 5.93. The number of aliphatic hydroxyl groups is 2. The van der Waals surface area contributed by atoms with Crippen LogP contribution in [0.1, 0.15) is 30.9 Å². The molecule has 25 heteroatoms. The smallest absolute Gasteiger partial charge is 0.457 e. The number of phosphoric ester groups is 2. The Balaban J connectivity index is 1.19. The quantitative estimate of drug-likeness (QED) is 0.0578. The maximum atomic E-state index is 13.4. The number of benzene rings is 1. The molecule has 0 bridgehead atoms. The van der Waals surface area contributed by atoms with E-state index < -0.39 is 89.6 Å². The third-order valence-corrected chi connectivity index (χ3v) is 9.90. The van der Waals surface area contributed by atoms with E-state index in [0.29, 0.717) is 12.8 Å². The molecule has 2 saturated heterocycles. The molecule has 0 aliphatic carbocycles. The van der Waals surface area contributed by atoms with Gasteiger partial charge in [0.15, 0.2) is 30.0 Å². The van der Waals surface area contributed by atoms with Crippen molar-refractivity contribution in [1.29, 1.82) is 0 Å². The molecule has 292 valence electrons. The van der Waals surface area contributed by atoms with Crippen LogP contribution in [0.3, 0.4) is 0 Å². The van der Waals surface area contributed by atoms with Crippen molar-refractivity contribution in [2.75, 3.05) is 24.7 Å². The highest BCUT2D eigenvalue weighted by Crippen LogP contribution is 2.50. The summed E-state index contributed by atoms with van der Waals surface area (Å²) in [7, 11) is -10.4. The first-order valence-electron chi connectivity index (χ1n) is 16.1. The summed E-state index contributed by atoms with van der Waals surface area (Å²) in [5.74, 6) is -0.844. The molecule has 2 aliphatic heterocycles. The number of aryl methyl sites for hydroxylation is 1. The van der Waals surface area contributed by atoms with Crippen LogP contribution in [0.2, 0.25) is 0 Å². The molecule has 0 amide bonds. The molecule has 6 rings (SSSR count). The Hall–Kier alpha value is -4.22. The number of nitrogens with zero attached hydrogens (tertiary/aromatic N) is 6. The number of hydrogen-bond acceptors (Lipinski definition) is 18. The number of nitrogens with two attached hydrogens (primary N) is 2. The summed E-state index contributed by atoms with van der Waals surface area (Å²) in [6.07, 6.45) is -8.56. The van der Waals surface area contributed by atoms with Crippen molar-refractivity contribution in [2.45, 2.75) is 68.3 Å². The van der Waals surface area contributed by atoms with E-state index in [9.17, 15) is 43.6 Å². The number of anilines is 2. The third kappa shape index (κ3) is 9.17. The molecule has 0 radical (unpaired) electrons. The van der Waals surface area contributed by atoms with Crippen LogP contribution in [0, 0.1) is 0 Å². The molecule has 2 aliphatic rings. The Morgan fingerprint density at radius 2 is 1.56 bits per heavy atom. The fraction of sp³-hybridized carbons (Fsp3) is 0.448. The van der Waals surface area contributed by atoms with Gasteiger partial charge in [-0.1, -0.05) is 30.3 Å². The lowest BCUT2D eigenvalue weighted by molar-refractivity contribution is -0.156. The summed E-state index contributed by atoms with van der Waals surface area (Å²) in [6, 6.07) is 10.6. The molecule has 1 unspecified atom stereocenters. The standard InChI is InChI=1S/C29H36N8O15P2/c30-18-9-10-36(29(41)35-18)27-22(40)24(17(50-27)11-47-53(42,43)44)52-54(45,46)48-12-16-23(51-19(38)8-4-7-15-5-2-1-3-6-15)21(39)28(49-16)37-14-34-20-25(31)32-13-33-26(20)37/h1-3,5-6,9-10,13-14,16-17,21-24,27-28,39-40H,4,7-8,11-12H2,(H,45,46)(H2,30,35,41)(H2,31,32,33)(H2,42,43,44)/t16-,17+,21+,22+,23+,24+,27+,28+/m0/s1. The van der Waals surface area contributed by atoms with E-state index in [-0.39, 0.29) is 29.2 Å². The Bertz CT molecular complexity index is 2100. The number of carbonyl (C=O) groups excluding carboxylic acids is 1. The minimum atomic E-state index is -5.30. The van der Waals surface area contributed by atoms with E-state index in [1.807, 2.05) is 30.3 Å². The third-order valence-electron chi connectivity index (χ3n) is 8.43. The van der Waals surface area contributed by atoms with Gasteiger partial charge in [-0.15, -0.1) is 0 Å². The Morgan fingerprint density at radius 1 is 0.889 bits per heavy atom. The topological polar surface area (TPSA) is 338 Å². The minimum Gasteiger partial charge on any atom is -0.457 e. The van der Waals surface area contributed by atoms with Crippen LogP contribution in [-0.2, 0) is 48.1 Å². The molecule has 2 fully saturated rings. The van der Waals surface area contributed by atoms with E-state index in [1.165, 1.54) is 17.0 Å². The minimum absolute atomic E-state index is 0.0354. The Labute approximate surface area is 304 Å². The van der Waals surface area contributed by atoms with Crippen LogP contribution in [0.4, 0.5) is 11.6 Å². The summed E-state index contributed by atoms with van der Waals surface area (Å²) in [5.41, 5.74) is 11.7. The first-order chi connectivity index (χ1) is 25.6. The van der Waals surface area contributed by atoms with Crippen LogP contribution in [0.25, 0.3) is 11.2 Å². The molecule has 54 heavy (non-hydrogen) atoms. The van der Waals surface area contributed by atoms with Gasteiger partial charge in [-0.3, -0.25) is 27.5 Å². The molecule has 3 aromatic heterocycles. The average Bonchev–Trinajstić information content (AvgIpc) is 3.77. The Morgan fingerprint density at radius 3 is 2.26 bits per heavy atom. The number of aromatic nitrogens is 6. The van der Waals surface area contributed by atoms with Crippen molar-refractivity contribution in [1.82, 2.24) is 29.1 Å². The zero-order valence-corrected chi connectivity index (χ0v) is 29.7. The fourth-order valence-corrected chi connectivity index (χ4v) is 7.24. The van der Waals surface area contributed by atoms with Crippen LogP contribution >= 0.6 is 15.6 Å². The second-order valence-corrected chi connectivity index (χ2v) is 14.8. The highest BCUT2D eigenvalue weighted by Gasteiger charge is 2.52. The van der Waals surface area contributed by atoms with Crippen molar-refractivity contribution in [3.8, 4) is 0 Å². The van der Waals surface area contributed by atoms with Crippen molar-refractivity contribution in [3.63, 3.8) is 0 Å². The molecule has 9 N–H and O–H groups in total. The van der Waals surface area contributed by atoms with Crippen molar-refractivity contribution >= 4 is 44.4 Å². The predicted molar refractivity (Wildman–Crippen MR) is 180 cm³/mol. The number of carbonyl (C=O) groups is 1. The maximum absolute atomic E-state index is 13.4. The first kappa shape index (κ1) is 39.5. The van der Waals surface area contributed by atoms with Gasteiger partial charge in [-0.25, -0.2) is 28.9 Å². The van der Waals surface area contributed by atoms with Gasteiger partial charge >= 0.3 is 27.3 Å². The van der Waals surface area contributed by atoms with Gasteiger partial charge in [-0.05, 0) is 24.5 Å². The highest BCUT2D eigenvalue weighted by molar-refractivity contribution is 7.47. The summed E-state index contributed by atoms with van der Waals surface area (Å²) in [6.45, 7) is -1.83. The normalized spacial score (nSPS) is 26.9. The molecule has 5 heterocycles. The number of rotatable bonds is 15. The van der Waals surface area contributed by atoms with Crippen LogP contribution in [0.5, 0.6) is 0 Å². The number of phosphoric acid groups is 2. The summed E-state index contributed by atoms with van der Waals surface area (Å²) >= 11 is 0. The van der Waals surface area contributed by atoms with Crippen LogP contribution in [-0.4, -0.2) is 110 Å². The van der Waals surface area contributed by atoms with Gasteiger partial charge in [-0.2, -0.15) is 4.98 Å². The zero-order chi connectivity index (χ0) is 38.8. The lowest BCUT2D eigenvalue weighted by atomic mass is 10.1. The first-order valence-corrected chi connectivity index (χ1v) is 19.2. The van der Waals surface area contributed by atoms with Crippen LogP contribution < -0.4 is 17.2 Å². The van der Waals surface area contributed by atoms with Crippen molar-refractivity contribution in [3.05, 3.63) is 71.3 Å². The van der Waals surface area contributed by atoms with Gasteiger partial charge in [0.25, 0.3) is 0 Å². The summed E-state index contributed by atoms with van der Waals surface area (Å²) in [4.78, 5) is 70.4. The number of fused-ring (bicyclic) bond motifs is 1. The Kier molecular flexibility index (Phi) is 11.9. The van der Waals surface area contributed by atoms with Crippen molar-refractivity contribution in [2.24, 2.45) is 0 Å². The van der Waals surface area contributed by atoms with Gasteiger partial charge in [0, 0.05) is 12.6 Å². The molecule has 9 atom stereocenters. The average molecular weight is 799 g/mol. The molecular formula is C29H36N8O15P2. The largest absolute Gasteiger partial charge is 0.472 e. The van der Waals surface area contributed by atoms with Gasteiger partial charge in [0.1, 0.15) is 48.2 Å². The molecule has 4 aromatic rings. The van der Waals surface area contributed by atoms with E-state index in [4.69, 9.17) is 34.7 Å². The van der Waals surface area contributed by atoms with Crippen LogP contribution in [0.15, 0.2) is 60.0 Å². The SMILES string of the molecule is Nc1ccn([C@@H]2O[C@H](COP(=O)(O)O)[C@@H](OP(=O)(O)OC[C@@H]3O[C@@H](n4cnc5c(N)ncnc54)[C@H](O)[C@@H]3OC(=O)CCCc3ccccc3)[C@H]2O)c(=O)n1. The molecule has 0 spiro atoms. The number of imidazole rings is 1. The predicted octanol–water partition coefficient (Wildman–Crippen LogP) is -0.690. The van der Waals surface area contributed by atoms with Gasteiger partial charge in [0.05, 0.1) is 19.5 Å². The second-order valence-electron chi connectivity index (χ2n) is 12.2. The van der Waals surface area contributed by atoms with Gasteiger partial charge in [0.2, 0.25) is 0 Å². The highest BCUT2D eigenvalue weighted by atomic mass is 31.2. The lowest BCUT2D eigenvalue weighted by Gasteiger charge is -2.25. The van der Waals surface area contributed by atoms with Gasteiger partial charge < -0.3 is 50.6 Å². The van der Waals surface area contributed by atoms with E-state index in [1.54, 1.807) is 0 Å². The number of aliphatic hydroxyl groups excluding tert-OH is 2.